The summed E-state index contributed by atoms with van der Waals surface area (Å²) in [6, 6.07) is 5.89. The van der Waals surface area contributed by atoms with Gasteiger partial charge in [0.25, 0.3) is 0 Å². The molecule has 0 aliphatic rings. The standard InChI is InChI=1S/C11H13BrClN/c1-2-14-7-3-4-9-5-6-11(13)10(12)8-9/h3-6,8,14H,2,7H2,1H3/b4-3+. The van der Waals surface area contributed by atoms with Crippen LogP contribution in [0.2, 0.25) is 5.02 Å². The van der Waals surface area contributed by atoms with Crippen molar-refractivity contribution in [2.24, 2.45) is 0 Å². The SMILES string of the molecule is CCNC/C=C/c1ccc(Cl)c(Br)c1. The fraction of sp³-hybridized carbons (Fsp3) is 0.273. The highest BCUT2D eigenvalue weighted by molar-refractivity contribution is 9.10. The van der Waals surface area contributed by atoms with Gasteiger partial charge in [-0.05, 0) is 40.2 Å². The summed E-state index contributed by atoms with van der Waals surface area (Å²) >= 11 is 9.27. The maximum absolute atomic E-state index is 5.88. The molecular formula is C11H13BrClN. The van der Waals surface area contributed by atoms with E-state index in [0.29, 0.717) is 0 Å². The number of rotatable bonds is 4. The van der Waals surface area contributed by atoms with Crippen LogP contribution in [0, 0.1) is 0 Å². The molecule has 0 aliphatic heterocycles. The monoisotopic (exact) mass is 273 g/mol. The highest BCUT2D eigenvalue weighted by Gasteiger charge is 1.95. The predicted molar refractivity (Wildman–Crippen MR) is 66.7 cm³/mol. The molecule has 0 aromatic heterocycles. The van der Waals surface area contributed by atoms with Crippen molar-refractivity contribution >= 4 is 33.6 Å². The van der Waals surface area contributed by atoms with Gasteiger partial charge in [0.2, 0.25) is 0 Å². The fourth-order valence-electron chi connectivity index (χ4n) is 1.04. The normalized spacial score (nSPS) is 11.1. The molecule has 0 aliphatic carbocycles. The minimum Gasteiger partial charge on any atom is -0.314 e. The molecule has 1 nitrogen and oxygen atoms in total. The molecule has 14 heavy (non-hydrogen) atoms. The third-order valence-corrected chi connectivity index (χ3v) is 2.98. The largest absolute Gasteiger partial charge is 0.314 e. The van der Waals surface area contributed by atoms with E-state index in [-0.39, 0.29) is 0 Å². The molecule has 1 aromatic rings. The Morgan fingerprint density at radius 2 is 2.29 bits per heavy atom. The van der Waals surface area contributed by atoms with Crippen LogP contribution in [0.15, 0.2) is 28.7 Å². The summed E-state index contributed by atoms with van der Waals surface area (Å²) in [6.07, 6.45) is 4.17. The summed E-state index contributed by atoms with van der Waals surface area (Å²) in [7, 11) is 0. The molecule has 0 atom stereocenters. The van der Waals surface area contributed by atoms with Gasteiger partial charge in [-0.2, -0.15) is 0 Å². The Labute approximate surface area is 98.3 Å². The van der Waals surface area contributed by atoms with Crippen LogP contribution in [0.3, 0.4) is 0 Å². The minimum atomic E-state index is 0.744. The van der Waals surface area contributed by atoms with E-state index in [2.05, 4.69) is 40.3 Å². The molecule has 76 valence electrons. The van der Waals surface area contributed by atoms with Crippen LogP contribution < -0.4 is 5.32 Å². The van der Waals surface area contributed by atoms with Crippen LogP contribution in [0.1, 0.15) is 12.5 Å². The van der Waals surface area contributed by atoms with Crippen molar-refractivity contribution in [3.8, 4) is 0 Å². The zero-order valence-electron chi connectivity index (χ0n) is 8.06. The molecule has 0 amide bonds. The van der Waals surface area contributed by atoms with Gasteiger partial charge in [0.15, 0.2) is 0 Å². The van der Waals surface area contributed by atoms with E-state index < -0.39 is 0 Å². The Morgan fingerprint density at radius 1 is 1.50 bits per heavy atom. The molecule has 1 N–H and O–H groups in total. The molecule has 0 saturated carbocycles. The zero-order valence-corrected chi connectivity index (χ0v) is 10.4. The van der Waals surface area contributed by atoms with Gasteiger partial charge in [-0.15, -0.1) is 0 Å². The van der Waals surface area contributed by atoms with E-state index in [1.807, 2.05) is 18.2 Å². The van der Waals surface area contributed by atoms with E-state index in [4.69, 9.17) is 11.6 Å². The van der Waals surface area contributed by atoms with Gasteiger partial charge in [-0.25, -0.2) is 0 Å². The lowest BCUT2D eigenvalue weighted by Crippen LogP contribution is -2.11. The number of nitrogens with one attached hydrogen (secondary N) is 1. The number of hydrogen-bond acceptors (Lipinski definition) is 1. The summed E-state index contributed by atoms with van der Waals surface area (Å²) < 4.78 is 0.935. The second kappa shape index (κ2) is 6.23. The highest BCUT2D eigenvalue weighted by Crippen LogP contribution is 2.23. The Morgan fingerprint density at radius 3 is 2.93 bits per heavy atom. The summed E-state index contributed by atoms with van der Waals surface area (Å²) in [6.45, 7) is 3.98. The summed E-state index contributed by atoms with van der Waals surface area (Å²) in [5.41, 5.74) is 1.15. The Balaban J connectivity index is 2.59. The average molecular weight is 275 g/mol. The van der Waals surface area contributed by atoms with E-state index in [9.17, 15) is 0 Å². The molecule has 3 heteroatoms. The maximum atomic E-state index is 5.88. The van der Waals surface area contributed by atoms with Crippen LogP contribution in [0.4, 0.5) is 0 Å². The minimum absolute atomic E-state index is 0.744. The lowest BCUT2D eigenvalue weighted by molar-refractivity contribution is 0.801. The Hall–Kier alpha value is -0.310. The van der Waals surface area contributed by atoms with E-state index in [0.717, 1.165) is 28.1 Å². The summed E-state index contributed by atoms with van der Waals surface area (Å²) in [4.78, 5) is 0. The first-order valence-corrected chi connectivity index (χ1v) is 5.73. The summed E-state index contributed by atoms with van der Waals surface area (Å²) in [5.74, 6) is 0. The molecule has 0 fully saturated rings. The first-order valence-electron chi connectivity index (χ1n) is 4.56. The van der Waals surface area contributed by atoms with E-state index in [1.54, 1.807) is 0 Å². The Kier molecular flexibility index (Phi) is 5.23. The molecule has 0 radical (unpaired) electrons. The molecule has 0 heterocycles. The maximum Gasteiger partial charge on any atom is 0.0548 e. The zero-order chi connectivity index (χ0) is 10.4. The molecule has 0 saturated heterocycles. The van der Waals surface area contributed by atoms with Gasteiger partial charge in [-0.1, -0.05) is 36.7 Å². The van der Waals surface area contributed by atoms with E-state index in [1.165, 1.54) is 0 Å². The predicted octanol–water partition coefficient (Wildman–Crippen LogP) is 3.73. The van der Waals surface area contributed by atoms with Crippen LogP contribution in [0.25, 0.3) is 6.08 Å². The second-order valence-electron chi connectivity index (χ2n) is 2.88. The first kappa shape index (κ1) is 11.8. The third kappa shape index (κ3) is 3.82. The lowest BCUT2D eigenvalue weighted by Gasteiger charge is -1.98. The first-order chi connectivity index (χ1) is 6.74. The van der Waals surface area contributed by atoms with Crippen molar-refractivity contribution in [1.29, 1.82) is 0 Å². The van der Waals surface area contributed by atoms with Crippen molar-refractivity contribution in [3.05, 3.63) is 39.3 Å². The van der Waals surface area contributed by atoms with Gasteiger partial charge in [-0.3, -0.25) is 0 Å². The van der Waals surface area contributed by atoms with Gasteiger partial charge in [0, 0.05) is 11.0 Å². The fourth-order valence-corrected chi connectivity index (χ4v) is 1.55. The van der Waals surface area contributed by atoms with Crippen LogP contribution in [-0.2, 0) is 0 Å². The smallest absolute Gasteiger partial charge is 0.0548 e. The average Bonchev–Trinajstić information content (AvgIpc) is 2.18. The van der Waals surface area contributed by atoms with Crippen LogP contribution in [-0.4, -0.2) is 13.1 Å². The van der Waals surface area contributed by atoms with E-state index >= 15 is 0 Å². The van der Waals surface area contributed by atoms with Crippen LogP contribution in [0.5, 0.6) is 0 Å². The van der Waals surface area contributed by atoms with Gasteiger partial charge < -0.3 is 5.32 Å². The number of halogens is 2. The molecule has 0 spiro atoms. The van der Waals surface area contributed by atoms with Gasteiger partial charge >= 0.3 is 0 Å². The topological polar surface area (TPSA) is 12.0 Å². The highest BCUT2D eigenvalue weighted by atomic mass is 79.9. The van der Waals surface area contributed by atoms with Crippen molar-refractivity contribution < 1.29 is 0 Å². The third-order valence-electron chi connectivity index (χ3n) is 1.77. The van der Waals surface area contributed by atoms with Crippen LogP contribution >= 0.6 is 27.5 Å². The number of hydrogen-bond donors (Lipinski definition) is 1. The van der Waals surface area contributed by atoms with Gasteiger partial charge in [0.05, 0.1) is 5.02 Å². The van der Waals surface area contributed by atoms with Crippen molar-refractivity contribution in [2.75, 3.05) is 13.1 Å². The van der Waals surface area contributed by atoms with Crippen molar-refractivity contribution in [3.63, 3.8) is 0 Å². The second-order valence-corrected chi connectivity index (χ2v) is 4.15. The Bertz CT molecular complexity index is 323. The van der Waals surface area contributed by atoms with Crippen molar-refractivity contribution in [2.45, 2.75) is 6.92 Å². The molecule has 0 bridgehead atoms. The molecule has 0 unspecified atom stereocenters. The summed E-state index contributed by atoms with van der Waals surface area (Å²) in [5, 5.41) is 3.96. The van der Waals surface area contributed by atoms with Gasteiger partial charge in [0.1, 0.15) is 0 Å². The number of likely N-dealkylation sites (N-methyl/N-ethyl adjacent to an activating group) is 1. The molecular weight excluding hydrogens is 261 g/mol. The lowest BCUT2D eigenvalue weighted by atomic mass is 10.2. The van der Waals surface area contributed by atoms with Crippen molar-refractivity contribution in [1.82, 2.24) is 5.32 Å². The number of benzene rings is 1. The molecule has 1 aromatic carbocycles. The molecule has 1 rings (SSSR count). The quantitative estimate of drug-likeness (QED) is 0.825.